The molecule has 1 saturated heterocycles. The molecule has 1 fully saturated rings. The SMILES string of the molecule is Cc1nc2ccccn2c1C(=O)N1CCN(Cc2ccccc2)CC1. The number of fused-ring (bicyclic) bond motifs is 1. The van der Waals surface area contributed by atoms with E-state index in [1.807, 2.05) is 46.7 Å². The average molecular weight is 334 g/mol. The Morgan fingerprint density at radius 1 is 1.00 bits per heavy atom. The van der Waals surface area contributed by atoms with Gasteiger partial charge in [0.1, 0.15) is 11.3 Å². The number of hydrogen-bond acceptors (Lipinski definition) is 3. The van der Waals surface area contributed by atoms with E-state index in [2.05, 4.69) is 34.1 Å². The van der Waals surface area contributed by atoms with Gasteiger partial charge in [-0.25, -0.2) is 4.98 Å². The summed E-state index contributed by atoms with van der Waals surface area (Å²) in [6, 6.07) is 16.3. The van der Waals surface area contributed by atoms with Gasteiger partial charge in [0.05, 0.1) is 5.69 Å². The van der Waals surface area contributed by atoms with Crippen LogP contribution in [0.15, 0.2) is 54.7 Å². The number of benzene rings is 1. The van der Waals surface area contributed by atoms with Crippen LogP contribution >= 0.6 is 0 Å². The minimum absolute atomic E-state index is 0.0792. The largest absolute Gasteiger partial charge is 0.335 e. The van der Waals surface area contributed by atoms with Crippen molar-refractivity contribution >= 4 is 11.6 Å². The minimum atomic E-state index is 0.0792. The van der Waals surface area contributed by atoms with Gasteiger partial charge in [0.25, 0.3) is 5.91 Å². The quantitative estimate of drug-likeness (QED) is 0.739. The summed E-state index contributed by atoms with van der Waals surface area (Å²) in [5.74, 6) is 0.0792. The Bertz CT molecular complexity index is 879. The lowest BCUT2D eigenvalue weighted by molar-refractivity contribution is 0.0621. The van der Waals surface area contributed by atoms with Crippen LogP contribution in [0.4, 0.5) is 0 Å². The molecular weight excluding hydrogens is 312 g/mol. The maximum absolute atomic E-state index is 13.0. The van der Waals surface area contributed by atoms with E-state index in [1.165, 1.54) is 5.56 Å². The van der Waals surface area contributed by atoms with Gasteiger partial charge in [0, 0.05) is 38.9 Å². The monoisotopic (exact) mass is 334 g/mol. The van der Waals surface area contributed by atoms with E-state index in [1.54, 1.807) is 0 Å². The number of pyridine rings is 1. The van der Waals surface area contributed by atoms with Crippen LogP contribution < -0.4 is 0 Å². The second-order valence-corrected chi connectivity index (χ2v) is 6.53. The zero-order valence-electron chi connectivity index (χ0n) is 14.4. The third-order valence-electron chi connectivity index (χ3n) is 4.82. The summed E-state index contributed by atoms with van der Waals surface area (Å²) in [5, 5.41) is 0. The molecule has 0 bridgehead atoms. The Morgan fingerprint density at radius 3 is 2.48 bits per heavy atom. The number of hydrogen-bond donors (Lipinski definition) is 0. The number of piperazine rings is 1. The van der Waals surface area contributed by atoms with Crippen molar-refractivity contribution in [2.75, 3.05) is 26.2 Å². The van der Waals surface area contributed by atoms with Crippen LogP contribution in [0.5, 0.6) is 0 Å². The normalized spacial score (nSPS) is 15.6. The van der Waals surface area contributed by atoms with Gasteiger partial charge in [-0.1, -0.05) is 36.4 Å². The van der Waals surface area contributed by atoms with Crippen molar-refractivity contribution < 1.29 is 4.79 Å². The van der Waals surface area contributed by atoms with Crippen molar-refractivity contribution in [2.24, 2.45) is 0 Å². The van der Waals surface area contributed by atoms with Gasteiger partial charge >= 0.3 is 0 Å². The molecule has 3 aromatic rings. The summed E-state index contributed by atoms with van der Waals surface area (Å²) in [6.07, 6.45) is 1.91. The smallest absolute Gasteiger partial charge is 0.272 e. The predicted molar refractivity (Wildman–Crippen MR) is 97.6 cm³/mol. The molecule has 4 rings (SSSR count). The van der Waals surface area contributed by atoms with Gasteiger partial charge in [-0.05, 0) is 24.6 Å². The maximum Gasteiger partial charge on any atom is 0.272 e. The Labute approximate surface area is 147 Å². The van der Waals surface area contributed by atoms with E-state index in [4.69, 9.17) is 0 Å². The van der Waals surface area contributed by atoms with Crippen LogP contribution in [0.1, 0.15) is 21.7 Å². The molecule has 0 saturated carbocycles. The number of nitrogens with zero attached hydrogens (tertiary/aromatic N) is 4. The molecule has 25 heavy (non-hydrogen) atoms. The molecule has 5 nitrogen and oxygen atoms in total. The average Bonchev–Trinajstić information content (AvgIpc) is 2.98. The van der Waals surface area contributed by atoms with Crippen LogP contribution in [0.2, 0.25) is 0 Å². The van der Waals surface area contributed by atoms with Crippen molar-refractivity contribution in [1.82, 2.24) is 19.2 Å². The fraction of sp³-hybridized carbons (Fsp3) is 0.300. The van der Waals surface area contributed by atoms with Gasteiger partial charge < -0.3 is 4.90 Å². The van der Waals surface area contributed by atoms with E-state index in [9.17, 15) is 4.79 Å². The molecule has 0 N–H and O–H groups in total. The molecular formula is C20H22N4O. The number of aromatic nitrogens is 2. The van der Waals surface area contributed by atoms with Crippen molar-refractivity contribution in [1.29, 1.82) is 0 Å². The van der Waals surface area contributed by atoms with Crippen LogP contribution in [0, 0.1) is 6.92 Å². The van der Waals surface area contributed by atoms with Crippen LogP contribution in [-0.2, 0) is 6.54 Å². The number of carbonyl (C=O) groups is 1. The van der Waals surface area contributed by atoms with Gasteiger partial charge in [-0.15, -0.1) is 0 Å². The zero-order valence-corrected chi connectivity index (χ0v) is 14.4. The highest BCUT2D eigenvalue weighted by Gasteiger charge is 2.26. The van der Waals surface area contributed by atoms with E-state index in [-0.39, 0.29) is 5.91 Å². The third kappa shape index (κ3) is 3.15. The molecule has 0 aliphatic carbocycles. The second-order valence-electron chi connectivity index (χ2n) is 6.53. The Morgan fingerprint density at radius 2 is 1.72 bits per heavy atom. The Hall–Kier alpha value is -2.66. The summed E-state index contributed by atoms with van der Waals surface area (Å²) in [5.41, 5.74) is 3.63. The summed E-state index contributed by atoms with van der Waals surface area (Å²) >= 11 is 0. The summed E-state index contributed by atoms with van der Waals surface area (Å²) in [7, 11) is 0. The molecule has 3 heterocycles. The number of carbonyl (C=O) groups excluding carboxylic acids is 1. The first kappa shape index (κ1) is 15.8. The third-order valence-corrected chi connectivity index (χ3v) is 4.82. The second kappa shape index (κ2) is 6.69. The molecule has 1 amide bonds. The molecule has 0 unspecified atom stereocenters. The number of rotatable bonds is 3. The van der Waals surface area contributed by atoms with Crippen LogP contribution in [0.3, 0.4) is 0 Å². The van der Waals surface area contributed by atoms with Crippen LogP contribution in [0.25, 0.3) is 5.65 Å². The lowest BCUT2D eigenvalue weighted by Crippen LogP contribution is -2.48. The highest BCUT2D eigenvalue weighted by Crippen LogP contribution is 2.16. The fourth-order valence-electron chi connectivity index (χ4n) is 3.47. The molecule has 1 aliphatic rings. The first-order chi connectivity index (χ1) is 12.2. The van der Waals surface area contributed by atoms with Crippen molar-refractivity contribution in [3.63, 3.8) is 0 Å². The summed E-state index contributed by atoms with van der Waals surface area (Å²) in [4.78, 5) is 21.9. The fourth-order valence-corrected chi connectivity index (χ4v) is 3.47. The number of aryl methyl sites for hydroxylation is 1. The lowest BCUT2D eigenvalue weighted by atomic mass is 10.2. The van der Waals surface area contributed by atoms with Gasteiger partial charge in [0.15, 0.2) is 0 Å². The van der Waals surface area contributed by atoms with Crippen LogP contribution in [-0.4, -0.2) is 51.3 Å². The molecule has 0 spiro atoms. The summed E-state index contributed by atoms with van der Waals surface area (Å²) < 4.78 is 1.90. The van der Waals surface area contributed by atoms with Crippen molar-refractivity contribution in [2.45, 2.75) is 13.5 Å². The first-order valence-corrected chi connectivity index (χ1v) is 8.71. The van der Waals surface area contributed by atoms with E-state index in [0.29, 0.717) is 5.69 Å². The van der Waals surface area contributed by atoms with Gasteiger partial charge in [-0.3, -0.25) is 14.1 Å². The maximum atomic E-state index is 13.0. The van der Waals surface area contributed by atoms with Gasteiger partial charge in [-0.2, -0.15) is 0 Å². The molecule has 128 valence electrons. The highest BCUT2D eigenvalue weighted by atomic mass is 16.2. The van der Waals surface area contributed by atoms with E-state index in [0.717, 1.165) is 44.1 Å². The minimum Gasteiger partial charge on any atom is -0.335 e. The molecule has 2 aromatic heterocycles. The molecule has 0 atom stereocenters. The van der Waals surface area contributed by atoms with Crippen molar-refractivity contribution in [3.8, 4) is 0 Å². The lowest BCUT2D eigenvalue weighted by Gasteiger charge is -2.34. The Kier molecular flexibility index (Phi) is 4.24. The molecule has 5 heteroatoms. The standard InChI is InChI=1S/C20H22N4O/c1-16-19(24-10-6-5-9-18(24)21-16)20(25)23-13-11-22(12-14-23)15-17-7-3-2-4-8-17/h2-10H,11-15H2,1H3. The highest BCUT2D eigenvalue weighted by molar-refractivity contribution is 5.94. The summed E-state index contributed by atoms with van der Waals surface area (Å²) in [6.45, 7) is 6.16. The molecule has 1 aliphatic heterocycles. The van der Waals surface area contributed by atoms with Gasteiger partial charge in [0.2, 0.25) is 0 Å². The van der Waals surface area contributed by atoms with E-state index >= 15 is 0 Å². The predicted octanol–water partition coefficient (Wildman–Crippen LogP) is 2.60. The topological polar surface area (TPSA) is 40.9 Å². The molecule has 1 aromatic carbocycles. The van der Waals surface area contributed by atoms with E-state index < -0.39 is 0 Å². The zero-order chi connectivity index (χ0) is 17.2. The number of amides is 1. The van der Waals surface area contributed by atoms with Crippen molar-refractivity contribution in [3.05, 3.63) is 71.7 Å². The number of imidazole rings is 1. The Balaban J connectivity index is 1.45. The molecule has 0 radical (unpaired) electrons. The first-order valence-electron chi connectivity index (χ1n) is 8.71.